The van der Waals surface area contributed by atoms with Crippen LogP contribution in [0.2, 0.25) is 0 Å². The van der Waals surface area contributed by atoms with Crippen molar-refractivity contribution in [1.82, 2.24) is 14.8 Å². The molecule has 46 valence electrons. The average molecular weight is 123 g/mol. The van der Waals surface area contributed by atoms with Gasteiger partial charge in [0.25, 0.3) is 0 Å². The Morgan fingerprint density at radius 1 is 1.67 bits per heavy atom. The number of rotatable bonds is 0. The second kappa shape index (κ2) is 1.34. The summed E-state index contributed by atoms with van der Waals surface area (Å²) in [5, 5.41) is 3.92. The highest BCUT2D eigenvalue weighted by molar-refractivity contribution is 5.66. The lowest BCUT2D eigenvalue weighted by Crippen LogP contribution is -1.88. The SMILES string of the molecule is Cn1ncc2ocnc21. The van der Waals surface area contributed by atoms with Crippen LogP contribution in [0.25, 0.3) is 11.2 Å². The number of hydrogen-bond donors (Lipinski definition) is 0. The third-order valence-electron chi connectivity index (χ3n) is 1.23. The van der Waals surface area contributed by atoms with E-state index in [-0.39, 0.29) is 0 Å². The van der Waals surface area contributed by atoms with E-state index in [2.05, 4.69) is 10.1 Å². The van der Waals surface area contributed by atoms with Crippen molar-refractivity contribution in [3.05, 3.63) is 12.6 Å². The van der Waals surface area contributed by atoms with Crippen molar-refractivity contribution in [2.24, 2.45) is 7.05 Å². The van der Waals surface area contributed by atoms with Crippen LogP contribution >= 0.6 is 0 Å². The fourth-order valence-corrected chi connectivity index (χ4v) is 0.774. The molecular weight excluding hydrogens is 118 g/mol. The van der Waals surface area contributed by atoms with Gasteiger partial charge in [-0.1, -0.05) is 0 Å². The average Bonchev–Trinajstić information content (AvgIpc) is 2.35. The molecule has 0 atom stereocenters. The molecule has 0 radical (unpaired) electrons. The fourth-order valence-electron chi connectivity index (χ4n) is 0.774. The first kappa shape index (κ1) is 4.55. The minimum Gasteiger partial charge on any atom is -0.440 e. The minimum atomic E-state index is 0.734. The highest BCUT2D eigenvalue weighted by atomic mass is 16.3. The van der Waals surface area contributed by atoms with Crippen molar-refractivity contribution >= 4 is 11.2 Å². The quantitative estimate of drug-likeness (QED) is 0.514. The van der Waals surface area contributed by atoms with Crippen LogP contribution in [0.4, 0.5) is 0 Å². The number of nitrogens with zero attached hydrogens (tertiary/aromatic N) is 3. The van der Waals surface area contributed by atoms with Crippen LogP contribution in [0.1, 0.15) is 0 Å². The summed E-state index contributed by atoms with van der Waals surface area (Å²) in [6, 6.07) is 0. The summed E-state index contributed by atoms with van der Waals surface area (Å²) in [7, 11) is 1.82. The first-order valence-electron chi connectivity index (χ1n) is 2.59. The van der Waals surface area contributed by atoms with Gasteiger partial charge in [-0.3, -0.25) is 0 Å². The molecule has 0 N–H and O–H groups in total. The Bertz CT molecular complexity index is 321. The first-order valence-corrected chi connectivity index (χ1v) is 2.59. The summed E-state index contributed by atoms with van der Waals surface area (Å²) < 4.78 is 6.61. The van der Waals surface area contributed by atoms with Gasteiger partial charge in [-0.25, -0.2) is 4.68 Å². The predicted octanol–water partition coefficient (Wildman–Crippen LogP) is 0.561. The number of aromatic nitrogens is 3. The lowest BCUT2D eigenvalue weighted by Gasteiger charge is -1.81. The van der Waals surface area contributed by atoms with Crippen LogP contribution in [0.15, 0.2) is 17.0 Å². The third kappa shape index (κ3) is 0.468. The molecule has 4 nitrogen and oxygen atoms in total. The molecule has 0 saturated carbocycles. The van der Waals surface area contributed by atoms with E-state index in [0.717, 1.165) is 11.2 Å². The summed E-state index contributed by atoms with van der Waals surface area (Å²) in [4.78, 5) is 3.91. The van der Waals surface area contributed by atoms with Crippen molar-refractivity contribution in [2.45, 2.75) is 0 Å². The third-order valence-corrected chi connectivity index (χ3v) is 1.23. The van der Waals surface area contributed by atoms with Crippen LogP contribution in [0.5, 0.6) is 0 Å². The van der Waals surface area contributed by atoms with Gasteiger partial charge in [0.15, 0.2) is 17.6 Å². The van der Waals surface area contributed by atoms with E-state index < -0.39 is 0 Å². The normalized spacial score (nSPS) is 10.8. The van der Waals surface area contributed by atoms with E-state index in [1.165, 1.54) is 6.39 Å². The second-order valence-electron chi connectivity index (χ2n) is 1.81. The standard InChI is InChI=1S/C5H5N3O/c1-8-5-4(2-7-8)9-3-6-5/h2-3H,1H3. The first-order chi connectivity index (χ1) is 4.38. The topological polar surface area (TPSA) is 43.9 Å². The van der Waals surface area contributed by atoms with Gasteiger partial charge in [0.2, 0.25) is 0 Å². The van der Waals surface area contributed by atoms with E-state index in [4.69, 9.17) is 4.42 Å². The molecule has 0 aliphatic rings. The maximum atomic E-state index is 4.94. The predicted molar refractivity (Wildman–Crippen MR) is 30.8 cm³/mol. The number of aryl methyl sites for hydroxylation is 1. The molecule has 0 saturated heterocycles. The number of oxazole rings is 1. The zero-order valence-corrected chi connectivity index (χ0v) is 4.90. The summed E-state index contributed by atoms with van der Waals surface area (Å²) in [5.41, 5.74) is 1.52. The minimum absolute atomic E-state index is 0.734. The highest BCUT2D eigenvalue weighted by Gasteiger charge is 2.00. The van der Waals surface area contributed by atoms with Crippen molar-refractivity contribution < 1.29 is 4.42 Å². The van der Waals surface area contributed by atoms with Gasteiger partial charge in [-0.2, -0.15) is 10.1 Å². The van der Waals surface area contributed by atoms with Gasteiger partial charge in [-0.15, -0.1) is 0 Å². The Hall–Kier alpha value is -1.32. The molecule has 0 unspecified atom stereocenters. The largest absolute Gasteiger partial charge is 0.440 e. The van der Waals surface area contributed by atoms with E-state index in [9.17, 15) is 0 Å². The van der Waals surface area contributed by atoms with E-state index in [0.29, 0.717) is 0 Å². The van der Waals surface area contributed by atoms with Gasteiger partial charge in [0, 0.05) is 7.05 Å². The van der Waals surface area contributed by atoms with Gasteiger partial charge in [-0.05, 0) is 0 Å². The van der Waals surface area contributed by atoms with E-state index in [1.54, 1.807) is 10.9 Å². The molecule has 2 aromatic rings. The molecule has 2 heterocycles. The molecule has 0 bridgehead atoms. The summed E-state index contributed by atoms with van der Waals surface area (Å²) in [6.07, 6.45) is 3.05. The van der Waals surface area contributed by atoms with Crippen LogP contribution in [0.3, 0.4) is 0 Å². The molecule has 2 aromatic heterocycles. The molecule has 0 aliphatic heterocycles. The Labute approximate surface area is 51.1 Å². The summed E-state index contributed by atoms with van der Waals surface area (Å²) in [5.74, 6) is 0. The van der Waals surface area contributed by atoms with Crippen LogP contribution < -0.4 is 0 Å². The van der Waals surface area contributed by atoms with Crippen molar-refractivity contribution in [2.75, 3.05) is 0 Å². The lowest BCUT2D eigenvalue weighted by molar-refractivity contribution is 0.600. The highest BCUT2D eigenvalue weighted by Crippen LogP contribution is 2.07. The maximum absolute atomic E-state index is 4.94. The maximum Gasteiger partial charge on any atom is 0.196 e. The summed E-state index contributed by atoms with van der Waals surface area (Å²) in [6.45, 7) is 0. The fraction of sp³-hybridized carbons (Fsp3) is 0.200. The Balaban J connectivity index is 2.99. The van der Waals surface area contributed by atoms with Gasteiger partial charge in [0.1, 0.15) is 0 Å². The molecule has 0 aromatic carbocycles. The molecule has 0 fully saturated rings. The molecule has 0 aliphatic carbocycles. The van der Waals surface area contributed by atoms with Crippen molar-refractivity contribution in [3.8, 4) is 0 Å². The van der Waals surface area contributed by atoms with Gasteiger partial charge < -0.3 is 4.42 Å². The Morgan fingerprint density at radius 2 is 2.56 bits per heavy atom. The number of hydrogen-bond acceptors (Lipinski definition) is 3. The zero-order chi connectivity index (χ0) is 6.27. The molecule has 2 rings (SSSR count). The van der Waals surface area contributed by atoms with E-state index >= 15 is 0 Å². The second-order valence-corrected chi connectivity index (χ2v) is 1.81. The molecule has 0 amide bonds. The van der Waals surface area contributed by atoms with Crippen LogP contribution in [-0.4, -0.2) is 14.8 Å². The molecule has 9 heavy (non-hydrogen) atoms. The zero-order valence-electron chi connectivity index (χ0n) is 4.90. The monoisotopic (exact) mass is 123 g/mol. The molecule has 0 spiro atoms. The van der Waals surface area contributed by atoms with Crippen LogP contribution in [-0.2, 0) is 7.05 Å². The Kier molecular flexibility index (Phi) is 0.677. The van der Waals surface area contributed by atoms with Crippen LogP contribution in [0, 0.1) is 0 Å². The van der Waals surface area contributed by atoms with Crippen molar-refractivity contribution in [3.63, 3.8) is 0 Å². The van der Waals surface area contributed by atoms with E-state index in [1.807, 2.05) is 7.05 Å². The Morgan fingerprint density at radius 3 is 3.33 bits per heavy atom. The van der Waals surface area contributed by atoms with Gasteiger partial charge in [0.05, 0.1) is 6.20 Å². The van der Waals surface area contributed by atoms with Crippen molar-refractivity contribution in [1.29, 1.82) is 0 Å². The molecule has 4 heteroatoms. The number of fused-ring (bicyclic) bond motifs is 1. The van der Waals surface area contributed by atoms with Gasteiger partial charge >= 0.3 is 0 Å². The summed E-state index contributed by atoms with van der Waals surface area (Å²) >= 11 is 0. The smallest absolute Gasteiger partial charge is 0.196 e. The lowest BCUT2D eigenvalue weighted by atomic mass is 10.6. The molecular formula is C5H5N3O.